The molecule has 1 unspecified atom stereocenters. The van der Waals surface area contributed by atoms with Crippen molar-refractivity contribution in [1.29, 1.82) is 0 Å². The summed E-state index contributed by atoms with van der Waals surface area (Å²) < 4.78 is 5.52. The highest BCUT2D eigenvalue weighted by molar-refractivity contribution is 5.97. The van der Waals surface area contributed by atoms with Gasteiger partial charge in [-0.25, -0.2) is 0 Å². The van der Waals surface area contributed by atoms with Crippen LogP contribution >= 0.6 is 0 Å². The highest BCUT2D eigenvalue weighted by atomic mass is 16.5. The Bertz CT molecular complexity index is 414. The Labute approximate surface area is 101 Å². The molecule has 1 atom stereocenters. The molecule has 0 bridgehead atoms. The molecule has 2 N–H and O–H groups in total. The molecule has 0 saturated carbocycles. The summed E-state index contributed by atoms with van der Waals surface area (Å²) in [5.74, 6) is 0.625. The normalized spacial score (nSPS) is 16.5. The van der Waals surface area contributed by atoms with E-state index in [-0.39, 0.29) is 11.9 Å². The SMILES string of the molecule is CCC(NC)c1ccc2c(c1)C(=O)NCCO2. The summed E-state index contributed by atoms with van der Waals surface area (Å²) in [4.78, 5) is 11.8. The number of carbonyl (C=O) groups is 1. The summed E-state index contributed by atoms with van der Waals surface area (Å²) in [6.07, 6.45) is 0.984. The number of nitrogens with one attached hydrogen (secondary N) is 2. The first-order valence-corrected chi connectivity index (χ1v) is 5.98. The van der Waals surface area contributed by atoms with Gasteiger partial charge in [-0.05, 0) is 31.2 Å². The molecule has 1 aliphatic rings. The lowest BCUT2D eigenvalue weighted by Gasteiger charge is -2.16. The van der Waals surface area contributed by atoms with E-state index in [4.69, 9.17) is 4.74 Å². The number of rotatable bonds is 3. The number of amides is 1. The molecular weight excluding hydrogens is 216 g/mol. The Balaban J connectivity index is 2.37. The van der Waals surface area contributed by atoms with Crippen molar-refractivity contribution in [2.75, 3.05) is 20.2 Å². The molecule has 0 radical (unpaired) electrons. The van der Waals surface area contributed by atoms with Gasteiger partial charge in [0.25, 0.3) is 5.91 Å². The molecule has 1 heterocycles. The molecule has 1 aromatic rings. The van der Waals surface area contributed by atoms with Crippen molar-refractivity contribution in [3.05, 3.63) is 29.3 Å². The highest BCUT2D eigenvalue weighted by Gasteiger charge is 2.18. The van der Waals surface area contributed by atoms with Crippen molar-refractivity contribution in [1.82, 2.24) is 10.6 Å². The Kier molecular flexibility index (Phi) is 3.64. The molecular formula is C13H18N2O2. The van der Waals surface area contributed by atoms with Gasteiger partial charge in [-0.15, -0.1) is 0 Å². The second kappa shape index (κ2) is 5.19. The first-order chi connectivity index (χ1) is 8.26. The lowest BCUT2D eigenvalue weighted by Crippen LogP contribution is -2.24. The van der Waals surface area contributed by atoms with Crippen LogP contribution in [0, 0.1) is 0 Å². The van der Waals surface area contributed by atoms with E-state index in [1.807, 2.05) is 25.2 Å². The summed E-state index contributed by atoms with van der Waals surface area (Å²) in [5, 5.41) is 6.05. The zero-order valence-corrected chi connectivity index (χ0v) is 10.2. The Morgan fingerprint density at radius 1 is 1.53 bits per heavy atom. The summed E-state index contributed by atoms with van der Waals surface area (Å²) in [6, 6.07) is 6.09. The summed E-state index contributed by atoms with van der Waals surface area (Å²) in [5.41, 5.74) is 1.75. The standard InChI is InChI=1S/C13H18N2O2/c1-3-11(14-2)9-4-5-12-10(8-9)13(16)15-6-7-17-12/h4-5,8,11,14H,3,6-7H2,1-2H3,(H,15,16). The van der Waals surface area contributed by atoms with Gasteiger partial charge in [0.1, 0.15) is 12.4 Å². The van der Waals surface area contributed by atoms with Gasteiger partial charge in [0, 0.05) is 6.04 Å². The second-order valence-corrected chi connectivity index (χ2v) is 4.11. The van der Waals surface area contributed by atoms with Crippen LogP contribution in [0.3, 0.4) is 0 Å². The number of benzene rings is 1. The molecule has 0 aromatic heterocycles. The first-order valence-electron chi connectivity index (χ1n) is 5.98. The molecule has 2 rings (SSSR count). The van der Waals surface area contributed by atoms with Gasteiger partial charge >= 0.3 is 0 Å². The van der Waals surface area contributed by atoms with Gasteiger partial charge in [0.2, 0.25) is 0 Å². The molecule has 1 amide bonds. The van der Waals surface area contributed by atoms with Gasteiger partial charge in [0.05, 0.1) is 12.1 Å². The van der Waals surface area contributed by atoms with Crippen molar-refractivity contribution in [2.45, 2.75) is 19.4 Å². The maximum absolute atomic E-state index is 11.8. The third-order valence-electron chi connectivity index (χ3n) is 3.05. The van der Waals surface area contributed by atoms with E-state index < -0.39 is 0 Å². The van der Waals surface area contributed by atoms with Gasteiger partial charge in [-0.3, -0.25) is 4.79 Å². The molecule has 4 heteroatoms. The van der Waals surface area contributed by atoms with Crippen LogP contribution < -0.4 is 15.4 Å². The smallest absolute Gasteiger partial charge is 0.255 e. The van der Waals surface area contributed by atoms with E-state index in [1.54, 1.807) is 0 Å². The van der Waals surface area contributed by atoms with E-state index in [2.05, 4.69) is 17.6 Å². The molecule has 0 fully saturated rings. The van der Waals surface area contributed by atoms with E-state index >= 15 is 0 Å². The predicted molar refractivity (Wildman–Crippen MR) is 66.4 cm³/mol. The van der Waals surface area contributed by atoms with Gasteiger partial charge in [-0.1, -0.05) is 13.0 Å². The van der Waals surface area contributed by atoms with E-state index in [9.17, 15) is 4.79 Å². The molecule has 0 aliphatic carbocycles. The lowest BCUT2D eigenvalue weighted by molar-refractivity contribution is 0.0957. The first kappa shape index (κ1) is 11.9. The fraction of sp³-hybridized carbons (Fsp3) is 0.462. The lowest BCUT2D eigenvalue weighted by atomic mass is 10.0. The molecule has 0 saturated heterocycles. The van der Waals surface area contributed by atoms with Crippen molar-refractivity contribution in [3.63, 3.8) is 0 Å². The molecule has 92 valence electrons. The average molecular weight is 234 g/mol. The molecule has 17 heavy (non-hydrogen) atoms. The zero-order valence-electron chi connectivity index (χ0n) is 10.2. The number of ether oxygens (including phenoxy) is 1. The van der Waals surface area contributed by atoms with E-state index in [0.717, 1.165) is 12.0 Å². The monoisotopic (exact) mass is 234 g/mol. The third kappa shape index (κ3) is 2.42. The van der Waals surface area contributed by atoms with Gasteiger partial charge in [0.15, 0.2) is 0 Å². The van der Waals surface area contributed by atoms with Crippen LogP contribution in [0.5, 0.6) is 5.75 Å². The molecule has 4 nitrogen and oxygen atoms in total. The number of fused-ring (bicyclic) bond motifs is 1. The highest BCUT2D eigenvalue weighted by Crippen LogP contribution is 2.25. The third-order valence-corrected chi connectivity index (χ3v) is 3.05. The fourth-order valence-electron chi connectivity index (χ4n) is 2.09. The van der Waals surface area contributed by atoms with Crippen LogP contribution in [0.4, 0.5) is 0 Å². The topological polar surface area (TPSA) is 50.4 Å². The Morgan fingerprint density at radius 3 is 3.06 bits per heavy atom. The molecule has 1 aliphatic heterocycles. The zero-order chi connectivity index (χ0) is 12.3. The number of carbonyl (C=O) groups excluding carboxylic acids is 1. The van der Waals surface area contributed by atoms with E-state index in [0.29, 0.717) is 24.5 Å². The summed E-state index contributed by atoms with van der Waals surface area (Å²) >= 11 is 0. The predicted octanol–water partition coefficient (Wildman–Crippen LogP) is 1.48. The maximum atomic E-state index is 11.8. The van der Waals surface area contributed by atoms with Crippen molar-refractivity contribution in [2.24, 2.45) is 0 Å². The largest absolute Gasteiger partial charge is 0.491 e. The molecule has 0 spiro atoms. The fourth-order valence-corrected chi connectivity index (χ4v) is 2.09. The van der Waals surface area contributed by atoms with Crippen LogP contribution in [0.1, 0.15) is 35.3 Å². The summed E-state index contributed by atoms with van der Waals surface area (Å²) in [7, 11) is 1.93. The Morgan fingerprint density at radius 2 is 2.35 bits per heavy atom. The maximum Gasteiger partial charge on any atom is 0.255 e. The van der Waals surface area contributed by atoms with Crippen LogP contribution in [0.25, 0.3) is 0 Å². The minimum Gasteiger partial charge on any atom is -0.491 e. The van der Waals surface area contributed by atoms with Gasteiger partial charge in [-0.2, -0.15) is 0 Å². The molecule has 1 aromatic carbocycles. The average Bonchev–Trinajstić information content (AvgIpc) is 2.53. The number of hydrogen-bond donors (Lipinski definition) is 2. The van der Waals surface area contributed by atoms with Crippen LogP contribution in [0.15, 0.2) is 18.2 Å². The minimum atomic E-state index is -0.0506. The quantitative estimate of drug-likeness (QED) is 0.833. The number of hydrogen-bond acceptors (Lipinski definition) is 3. The van der Waals surface area contributed by atoms with Crippen LogP contribution in [-0.4, -0.2) is 26.1 Å². The van der Waals surface area contributed by atoms with Crippen LogP contribution in [-0.2, 0) is 0 Å². The van der Waals surface area contributed by atoms with Crippen molar-refractivity contribution < 1.29 is 9.53 Å². The minimum absolute atomic E-state index is 0.0506. The Hall–Kier alpha value is -1.55. The second-order valence-electron chi connectivity index (χ2n) is 4.11. The van der Waals surface area contributed by atoms with Crippen LogP contribution in [0.2, 0.25) is 0 Å². The van der Waals surface area contributed by atoms with Crippen molar-refractivity contribution >= 4 is 5.91 Å². The van der Waals surface area contributed by atoms with E-state index in [1.165, 1.54) is 0 Å². The van der Waals surface area contributed by atoms with Gasteiger partial charge < -0.3 is 15.4 Å². The van der Waals surface area contributed by atoms with Crippen molar-refractivity contribution in [3.8, 4) is 5.75 Å². The summed E-state index contributed by atoms with van der Waals surface area (Å²) in [6.45, 7) is 3.21.